The zero-order valence-electron chi connectivity index (χ0n) is 17.5. The fourth-order valence-electron chi connectivity index (χ4n) is 3.76. The minimum Gasteiger partial charge on any atom is -0.480 e. The number of nitrogens with two attached hydrogens (primary N) is 1. The summed E-state index contributed by atoms with van der Waals surface area (Å²) in [6.07, 6.45) is 1.91. The van der Waals surface area contributed by atoms with Gasteiger partial charge in [0.15, 0.2) is 5.49 Å². The predicted octanol–water partition coefficient (Wildman–Crippen LogP) is 1.07. The van der Waals surface area contributed by atoms with E-state index in [1.807, 2.05) is 42.5 Å². The lowest BCUT2D eigenvalue weighted by atomic mass is 9.91. The Labute approximate surface area is 184 Å². The number of carbonyl (C=O) groups is 2. The molecule has 4 rings (SSSR count). The average Bonchev–Trinajstić information content (AvgIpc) is 3.21. The predicted molar refractivity (Wildman–Crippen MR) is 119 cm³/mol. The Kier molecular flexibility index (Phi) is 5.93. The molecule has 0 spiro atoms. The van der Waals surface area contributed by atoms with Gasteiger partial charge in [0, 0.05) is 29.3 Å². The van der Waals surface area contributed by atoms with Crippen LogP contribution in [-0.2, 0) is 11.2 Å². The van der Waals surface area contributed by atoms with Crippen LogP contribution in [-0.4, -0.2) is 39.5 Å². The summed E-state index contributed by atoms with van der Waals surface area (Å²) in [6, 6.07) is 15.3. The fourth-order valence-corrected chi connectivity index (χ4v) is 3.76. The number of rotatable bonds is 7. The molecule has 1 aliphatic rings. The maximum absolute atomic E-state index is 12.7. The number of aliphatic carboxylic acids is 1. The van der Waals surface area contributed by atoms with Crippen molar-refractivity contribution in [3.63, 3.8) is 0 Å². The van der Waals surface area contributed by atoms with Gasteiger partial charge >= 0.3 is 5.97 Å². The standard InChI is InChI=1S/C24H23N5O3/c1-14(18-12-26-21-19(18)13-27-24(25)29-21)16-7-9-17(10-8-16)22(30)28-20(23(31)32)11-15-5-3-2-4-6-15/h2-10,13-14,20H,11-12H2,1H3,(H,28,30)(H,31,32)(H2,25,26,29)/t14-,20-/m0/s1. The number of nitrogens with one attached hydrogen (secondary N) is 1. The van der Waals surface area contributed by atoms with E-state index in [9.17, 15) is 14.7 Å². The maximum Gasteiger partial charge on any atom is 0.326 e. The summed E-state index contributed by atoms with van der Waals surface area (Å²) in [5.74, 6) is -1.25. The zero-order chi connectivity index (χ0) is 22.7. The van der Waals surface area contributed by atoms with E-state index in [-0.39, 0.29) is 18.3 Å². The summed E-state index contributed by atoms with van der Waals surface area (Å²) in [5.41, 5.74) is 9.59. The van der Waals surface area contributed by atoms with E-state index in [4.69, 9.17) is 5.73 Å². The van der Waals surface area contributed by atoms with Crippen LogP contribution in [0.5, 0.6) is 0 Å². The molecule has 0 saturated heterocycles. The van der Waals surface area contributed by atoms with Gasteiger partial charge in [0.2, 0.25) is 5.95 Å². The third-order valence-electron chi connectivity index (χ3n) is 5.61. The summed E-state index contributed by atoms with van der Waals surface area (Å²) < 4.78 is 0. The van der Waals surface area contributed by atoms with E-state index >= 15 is 0 Å². The number of hydrogen-bond acceptors (Lipinski definition) is 6. The van der Waals surface area contributed by atoms with Gasteiger partial charge in [-0.1, -0.05) is 49.4 Å². The summed E-state index contributed by atoms with van der Waals surface area (Å²) in [4.78, 5) is 37.0. The third kappa shape index (κ3) is 4.49. The molecular weight excluding hydrogens is 406 g/mol. The number of benzene rings is 2. The van der Waals surface area contributed by atoms with Gasteiger partial charge in [0.1, 0.15) is 6.04 Å². The average molecular weight is 429 g/mol. The number of carboxylic acids is 1. The molecule has 0 unspecified atom stereocenters. The summed E-state index contributed by atoms with van der Waals surface area (Å²) in [5, 5.41) is 13.0. The molecule has 2 heterocycles. The first-order chi connectivity index (χ1) is 15.4. The molecule has 0 aliphatic carbocycles. The highest BCUT2D eigenvalue weighted by molar-refractivity contribution is 5.96. The first-order valence-electron chi connectivity index (χ1n) is 10.3. The summed E-state index contributed by atoms with van der Waals surface area (Å²) in [6.45, 7) is 2.59. The van der Waals surface area contributed by atoms with E-state index in [2.05, 4.69) is 27.2 Å². The molecule has 4 N–H and O–H groups in total. The number of aromatic nitrogens is 2. The van der Waals surface area contributed by atoms with Gasteiger partial charge in [0.05, 0.1) is 6.54 Å². The van der Waals surface area contributed by atoms with Gasteiger partial charge < -0.3 is 16.2 Å². The minimum absolute atomic E-state index is 0.0502. The molecule has 1 amide bonds. The van der Waals surface area contributed by atoms with Crippen LogP contribution in [0.4, 0.5) is 5.95 Å². The Morgan fingerprint density at radius 1 is 1.12 bits per heavy atom. The van der Waals surface area contributed by atoms with Crippen molar-refractivity contribution < 1.29 is 14.7 Å². The molecule has 2 aromatic carbocycles. The molecule has 1 aliphatic heterocycles. The Morgan fingerprint density at radius 2 is 1.84 bits per heavy atom. The molecule has 0 saturated carbocycles. The molecule has 2 atom stereocenters. The lowest BCUT2D eigenvalue weighted by molar-refractivity contribution is -0.139. The van der Waals surface area contributed by atoms with Crippen molar-refractivity contribution in [1.82, 2.24) is 15.3 Å². The van der Waals surface area contributed by atoms with Gasteiger partial charge in [-0.05, 0) is 28.8 Å². The van der Waals surface area contributed by atoms with E-state index in [0.29, 0.717) is 17.6 Å². The van der Waals surface area contributed by atoms with Crippen molar-refractivity contribution in [2.45, 2.75) is 25.3 Å². The number of nitrogen functional groups attached to an aromatic ring is 1. The summed E-state index contributed by atoms with van der Waals surface area (Å²) >= 11 is 0. The molecule has 8 heteroatoms. The lowest BCUT2D eigenvalue weighted by Gasteiger charge is -2.16. The van der Waals surface area contributed by atoms with Crippen LogP contribution in [0.1, 0.15) is 34.3 Å². The van der Waals surface area contributed by atoms with Crippen molar-refractivity contribution in [3.05, 3.63) is 88.2 Å². The Morgan fingerprint density at radius 3 is 2.53 bits per heavy atom. The second-order valence-electron chi connectivity index (χ2n) is 7.70. The van der Waals surface area contributed by atoms with Crippen molar-refractivity contribution in [3.8, 4) is 0 Å². The third-order valence-corrected chi connectivity index (χ3v) is 5.61. The normalized spacial score (nSPS) is 14.2. The van der Waals surface area contributed by atoms with Gasteiger partial charge in [-0.25, -0.2) is 9.78 Å². The second kappa shape index (κ2) is 8.97. The number of nitrogens with zero attached hydrogens (tertiary/aromatic N) is 3. The Bertz CT molecular complexity index is 1270. The maximum atomic E-state index is 12.7. The van der Waals surface area contributed by atoms with E-state index < -0.39 is 17.9 Å². The molecule has 0 radical (unpaired) electrons. The number of carbonyl (C=O) groups excluding carboxylic acids is 1. The largest absolute Gasteiger partial charge is 0.480 e. The molecule has 8 nitrogen and oxygen atoms in total. The van der Waals surface area contributed by atoms with Crippen molar-refractivity contribution >= 4 is 23.4 Å². The van der Waals surface area contributed by atoms with Gasteiger partial charge in [-0.2, -0.15) is 4.98 Å². The minimum atomic E-state index is -1.07. The Balaban J connectivity index is 1.49. The molecule has 162 valence electrons. The highest BCUT2D eigenvalue weighted by Gasteiger charge is 2.22. The number of amides is 1. The van der Waals surface area contributed by atoms with E-state index in [1.165, 1.54) is 0 Å². The number of fused-ring (bicyclic) bond motifs is 1. The molecule has 1 aromatic heterocycles. The van der Waals surface area contributed by atoms with Crippen molar-refractivity contribution in [2.24, 2.45) is 4.99 Å². The molecule has 0 fully saturated rings. The van der Waals surface area contributed by atoms with Crippen LogP contribution >= 0.6 is 0 Å². The lowest BCUT2D eigenvalue weighted by Crippen LogP contribution is -2.42. The van der Waals surface area contributed by atoms with Crippen LogP contribution in [0.3, 0.4) is 0 Å². The number of carboxylic acid groups (broad SMARTS) is 1. The zero-order valence-corrected chi connectivity index (χ0v) is 17.5. The highest BCUT2D eigenvalue weighted by Crippen LogP contribution is 2.25. The topological polar surface area (TPSA) is 131 Å². The van der Waals surface area contributed by atoms with E-state index in [0.717, 1.165) is 21.9 Å². The Hall–Kier alpha value is -4.07. The number of hydrogen-bond donors (Lipinski definition) is 3. The van der Waals surface area contributed by atoms with E-state index in [1.54, 1.807) is 18.3 Å². The molecule has 0 bridgehead atoms. The van der Waals surface area contributed by atoms with Crippen LogP contribution in [0.25, 0.3) is 5.57 Å². The quantitative estimate of drug-likeness (QED) is 0.515. The van der Waals surface area contributed by atoms with Crippen LogP contribution in [0, 0.1) is 0 Å². The monoisotopic (exact) mass is 429 g/mol. The summed E-state index contributed by atoms with van der Waals surface area (Å²) in [7, 11) is 0. The van der Waals surface area contributed by atoms with Gasteiger partial charge in [-0.15, -0.1) is 0 Å². The first-order valence-corrected chi connectivity index (χ1v) is 10.3. The SMILES string of the molecule is C[C@H](C1=c2cnc(N)nc2=NC1)c1ccc(C(=O)N[C@@H](Cc2ccccc2)C(=O)O)cc1. The fraction of sp³-hybridized carbons (Fsp3) is 0.208. The van der Waals surface area contributed by atoms with Crippen molar-refractivity contribution in [1.29, 1.82) is 0 Å². The van der Waals surface area contributed by atoms with Crippen LogP contribution in [0.15, 0.2) is 65.8 Å². The van der Waals surface area contributed by atoms with Crippen LogP contribution < -0.4 is 21.8 Å². The highest BCUT2D eigenvalue weighted by atomic mass is 16.4. The van der Waals surface area contributed by atoms with Gasteiger partial charge in [0.25, 0.3) is 5.91 Å². The van der Waals surface area contributed by atoms with Crippen molar-refractivity contribution in [2.75, 3.05) is 12.3 Å². The first kappa shape index (κ1) is 21.2. The van der Waals surface area contributed by atoms with Crippen LogP contribution in [0.2, 0.25) is 0 Å². The smallest absolute Gasteiger partial charge is 0.326 e. The number of anilines is 1. The second-order valence-corrected chi connectivity index (χ2v) is 7.70. The molecule has 3 aromatic rings. The molecular formula is C24H23N5O3. The molecule has 32 heavy (non-hydrogen) atoms. The van der Waals surface area contributed by atoms with Gasteiger partial charge in [-0.3, -0.25) is 9.79 Å².